The van der Waals surface area contributed by atoms with Crippen molar-refractivity contribution in [1.29, 1.82) is 0 Å². The van der Waals surface area contributed by atoms with Gasteiger partial charge in [0.25, 0.3) is 0 Å². The molecule has 0 fully saturated rings. The fourth-order valence-corrected chi connectivity index (χ4v) is 5.12. The summed E-state index contributed by atoms with van der Waals surface area (Å²) in [5.41, 5.74) is 2.22. The van der Waals surface area contributed by atoms with E-state index in [4.69, 9.17) is 25.4 Å². The second-order valence-electron chi connectivity index (χ2n) is 4.95. The van der Waals surface area contributed by atoms with Gasteiger partial charge >= 0.3 is 7.75 Å². The van der Waals surface area contributed by atoms with Crippen LogP contribution in [-0.4, -0.2) is 37.4 Å². The van der Waals surface area contributed by atoms with E-state index in [-0.39, 0.29) is 6.04 Å². The Morgan fingerprint density at radius 1 is 1.32 bits per heavy atom. The molecule has 1 aliphatic heterocycles. The van der Waals surface area contributed by atoms with Gasteiger partial charge in [0.15, 0.2) is 0 Å². The molecule has 1 aromatic rings. The smallest absolute Gasteiger partial charge is 0.408 e. The van der Waals surface area contributed by atoms with Crippen LogP contribution in [0.5, 0.6) is 5.75 Å². The second-order valence-corrected chi connectivity index (χ2v) is 7.23. The highest BCUT2D eigenvalue weighted by Gasteiger charge is 2.41. The Morgan fingerprint density at radius 3 is 2.55 bits per heavy atom. The van der Waals surface area contributed by atoms with Gasteiger partial charge in [-0.25, -0.2) is 4.57 Å². The molecule has 0 bridgehead atoms. The third-order valence-electron chi connectivity index (χ3n) is 3.72. The number of methoxy groups -OCH3 is 1. The predicted molar refractivity (Wildman–Crippen MR) is 87.7 cm³/mol. The van der Waals surface area contributed by atoms with Crippen LogP contribution in [0.25, 0.3) is 0 Å². The van der Waals surface area contributed by atoms with Gasteiger partial charge in [0.1, 0.15) is 5.75 Å². The Bertz CT molecular complexity index is 544. The van der Waals surface area contributed by atoms with Crippen LogP contribution in [0.15, 0.2) is 18.2 Å². The van der Waals surface area contributed by atoms with E-state index in [1.54, 1.807) is 11.8 Å². The van der Waals surface area contributed by atoms with Crippen molar-refractivity contribution >= 4 is 19.3 Å². The SMILES string of the molecule is CCOP(=O)(OCC)N1CCc2cc(OC)ccc2C1CCl. The summed E-state index contributed by atoms with van der Waals surface area (Å²) in [6, 6.07) is 5.70. The third kappa shape index (κ3) is 3.50. The first-order chi connectivity index (χ1) is 10.6. The highest BCUT2D eigenvalue weighted by Crippen LogP contribution is 2.57. The molecule has 0 aliphatic carbocycles. The molecular formula is C15H23ClNO4P. The van der Waals surface area contributed by atoms with Crippen molar-refractivity contribution in [1.82, 2.24) is 4.67 Å². The molecule has 0 aromatic heterocycles. The topological polar surface area (TPSA) is 48.0 Å². The molecule has 0 saturated carbocycles. The standard InChI is InChI=1S/C15H23ClNO4P/c1-4-20-22(18,21-5-2)17-9-8-12-10-13(19-3)6-7-14(12)15(17)11-16/h6-7,10,15H,4-5,8-9,11H2,1-3H3. The average Bonchev–Trinajstić information content (AvgIpc) is 2.53. The molecule has 1 heterocycles. The highest BCUT2D eigenvalue weighted by atomic mass is 35.5. The van der Waals surface area contributed by atoms with E-state index in [9.17, 15) is 4.57 Å². The number of nitrogens with zero attached hydrogens (tertiary/aromatic N) is 1. The third-order valence-corrected chi connectivity index (χ3v) is 6.29. The Balaban J connectivity index is 2.36. The van der Waals surface area contributed by atoms with Crippen LogP contribution in [-0.2, 0) is 20.0 Å². The van der Waals surface area contributed by atoms with Gasteiger partial charge in [0.05, 0.1) is 26.4 Å². The van der Waals surface area contributed by atoms with Crippen molar-refractivity contribution in [3.63, 3.8) is 0 Å². The number of alkyl halides is 1. The number of fused-ring (bicyclic) bond motifs is 1. The number of benzene rings is 1. The quantitative estimate of drug-likeness (QED) is 0.551. The number of rotatable bonds is 7. The van der Waals surface area contributed by atoms with Crippen LogP contribution in [0.2, 0.25) is 0 Å². The van der Waals surface area contributed by atoms with E-state index in [2.05, 4.69) is 0 Å². The predicted octanol–water partition coefficient (Wildman–Crippen LogP) is 4.01. The number of ether oxygens (including phenoxy) is 1. The molecule has 22 heavy (non-hydrogen) atoms. The molecule has 1 aliphatic rings. The first kappa shape index (κ1) is 17.8. The first-order valence-electron chi connectivity index (χ1n) is 7.48. The molecule has 0 amide bonds. The average molecular weight is 348 g/mol. The van der Waals surface area contributed by atoms with Crippen LogP contribution in [0, 0.1) is 0 Å². The number of hydrogen-bond donors (Lipinski definition) is 0. The Kier molecular flexibility index (Phi) is 6.30. The minimum absolute atomic E-state index is 0.194. The molecule has 0 radical (unpaired) electrons. The van der Waals surface area contributed by atoms with Gasteiger partial charge in [-0.1, -0.05) is 6.07 Å². The molecule has 0 N–H and O–H groups in total. The summed E-state index contributed by atoms with van der Waals surface area (Å²) in [7, 11) is -1.68. The van der Waals surface area contributed by atoms with E-state index >= 15 is 0 Å². The van der Waals surface area contributed by atoms with Crippen LogP contribution >= 0.6 is 19.3 Å². The Hall–Kier alpha value is -0.580. The zero-order chi connectivity index (χ0) is 16.2. The van der Waals surface area contributed by atoms with E-state index < -0.39 is 7.75 Å². The van der Waals surface area contributed by atoms with E-state index in [1.165, 1.54) is 5.56 Å². The maximum Gasteiger partial charge on any atom is 0.408 e. The van der Waals surface area contributed by atoms with Crippen molar-refractivity contribution < 1.29 is 18.3 Å². The number of hydrogen-bond acceptors (Lipinski definition) is 4. The zero-order valence-corrected chi connectivity index (χ0v) is 14.9. The van der Waals surface area contributed by atoms with E-state index in [0.29, 0.717) is 25.6 Å². The van der Waals surface area contributed by atoms with Gasteiger partial charge in [0.2, 0.25) is 0 Å². The largest absolute Gasteiger partial charge is 0.497 e. The molecule has 124 valence electrons. The summed E-state index contributed by atoms with van der Waals surface area (Å²) in [5.74, 6) is 1.14. The lowest BCUT2D eigenvalue weighted by Crippen LogP contribution is -2.35. The zero-order valence-electron chi connectivity index (χ0n) is 13.3. The lowest BCUT2D eigenvalue weighted by molar-refractivity contribution is 0.148. The minimum Gasteiger partial charge on any atom is -0.497 e. The minimum atomic E-state index is -3.32. The number of halogens is 1. The maximum absolute atomic E-state index is 13.1. The molecule has 2 rings (SSSR count). The Labute approximate surface area is 137 Å². The summed E-state index contributed by atoms with van der Waals surface area (Å²) in [4.78, 5) is 0. The van der Waals surface area contributed by atoms with Gasteiger partial charge in [-0.05, 0) is 43.5 Å². The normalized spacial score (nSPS) is 19.0. The van der Waals surface area contributed by atoms with Crippen molar-refractivity contribution in [3.05, 3.63) is 29.3 Å². The van der Waals surface area contributed by atoms with E-state index in [0.717, 1.165) is 17.7 Å². The van der Waals surface area contributed by atoms with Gasteiger partial charge in [-0.2, -0.15) is 4.67 Å². The van der Waals surface area contributed by atoms with Crippen LogP contribution in [0.1, 0.15) is 31.0 Å². The second kappa shape index (κ2) is 7.80. The van der Waals surface area contributed by atoms with Crippen molar-refractivity contribution in [2.75, 3.05) is 32.7 Å². The molecule has 7 heteroatoms. The van der Waals surface area contributed by atoms with Crippen molar-refractivity contribution in [3.8, 4) is 5.75 Å². The summed E-state index contributed by atoms with van der Waals surface area (Å²) >= 11 is 6.18. The molecule has 1 atom stereocenters. The van der Waals surface area contributed by atoms with Gasteiger partial charge in [-0.15, -0.1) is 11.6 Å². The van der Waals surface area contributed by atoms with Gasteiger partial charge in [-0.3, -0.25) is 9.05 Å². The van der Waals surface area contributed by atoms with Gasteiger partial charge < -0.3 is 4.74 Å². The van der Waals surface area contributed by atoms with Gasteiger partial charge in [0, 0.05) is 12.4 Å². The summed E-state index contributed by atoms with van der Waals surface area (Å²) in [5, 5.41) is 0. The molecule has 5 nitrogen and oxygen atoms in total. The summed E-state index contributed by atoms with van der Waals surface area (Å²) in [6.07, 6.45) is 0.754. The van der Waals surface area contributed by atoms with E-state index in [1.807, 2.05) is 32.0 Å². The molecular weight excluding hydrogens is 325 g/mol. The maximum atomic E-state index is 13.1. The highest BCUT2D eigenvalue weighted by molar-refractivity contribution is 7.51. The fourth-order valence-electron chi connectivity index (χ4n) is 2.77. The lowest BCUT2D eigenvalue weighted by Gasteiger charge is -2.39. The molecule has 0 spiro atoms. The van der Waals surface area contributed by atoms with Crippen molar-refractivity contribution in [2.45, 2.75) is 26.3 Å². The monoisotopic (exact) mass is 347 g/mol. The first-order valence-corrected chi connectivity index (χ1v) is 9.51. The fraction of sp³-hybridized carbons (Fsp3) is 0.600. The summed E-state index contributed by atoms with van der Waals surface area (Å²) in [6.45, 7) is 4.86. The molecule has 0 saturated heterocycles. The molecule has 1 unspecified atom stereocenters. The summed E-state index contributed by atoms with van der Waals surface area (Å²) < 4.78 is 31.1. The lowest BCUT2D eigenvalue weighted by atomic mass is 9.95. The van der Waals surface area contributed by atoms with Crippen molar-refractivity contribution in [2.24, 2.45) is 0 Å². The molecule has 1 aromatic carbocycles. The van der Waals surface area contributed by atoms with Crippen LogP contribution < -0.4 is 4.74 Å². The van der Waals surface area contributed by atoms with Crippen LogP contribution in [0.3, 0.4) is 0 Å². The Morgan fingerprint density at radius 2 is 2.00 bits per heavy atom. The van der Waals surface area contributed by atoms with Crippen LogP contribution in [0.4, 0.5) is 0 Å².